The van der Waals surface area contributed by atoms with Crippen LogP contribution >= 0.6 is 0 Å². The summed E-state index contributed by atoms with van der Waals surface area (Å²) in [5.41, 5.74) is 2.12. The molecule has 7 nitrogen and oxygen atoms in total. The molecule has 3 aromatic rings. The van der Waals surface area contributed by atoms with Gasteiger partial charge in [-0.1, -0.05) is 31.2 Å². The molecule has 11 heteroatoms. The Morgan fingerprint density at radius 3 is 2.02 bits per heavy atom. The number of rotatable bonds is 11. The third kappa shape index (κ3) is 8.84. The Bertz CT molecular complexity index is 1440. The predicted octanol–water partition coefficient (Wildman–Crippen LogP) is 6.07. The summed E-state index contributed by atoms with van der Waals surface area (Å²) < 4.78 is 62.2. The van der Waals surface area contributed by atoms with E-state index >= 15 is 0 Å². The maximum atomic E-state index is 12.7. The van der Waals surface area contributed by atoms with Crippen LogP contribution in [0, 0.1) is 0 Å². The van der Waals surface area contributed by atoms with Crippen molar-refractivity contribution in [1.82, 2.24) is 0 Å². The number of anilines is 3. The van der Waals surface area contributed by atoms with Crippen molar-refractivity contribution >= 4 is 38.7 Å². The summed E-state index contributed by atoms with van der Waals surface area (Å²) >= 11 is 0. The maximum absolute atomic E-state index is 12.7. The molecule has 0 aliphatic rings. The summed E-state index contributed by atoms with van der Waals surface area (Å²) in [6.45, 7) is 5.41. The summed E-state index contributed by atoms with van der Waals surface area (Å²) in [4.78, 5) is 25.4. The number of hydrogen-bond donors (Lipinski definition) is 3. The largest absolute Gasteiger partial charge is 0.416 e. The molecule has 0 unspecified atom stereocenters. The molecule has 0 radical (unpaired) electrons. The molecule has 0 aliphatic carbocycles. The molecule has 0 aromatic heterocycles. The van der Waals surface area contributed by atoms with Gasteiger partial charge in [-0.3, -0.25) is 9.59 Å². The minimum Gasteiger partial charge on any atom is -0.381 e. The van der Waals surface area contributed by atoms with Crippen LogP contribution in [0.1, 0.15) is 43.9 Å². The van der Waals surface area contributed by atoms with Gasteiger partial charge in [0, 0.05) is 18.2 Å². The molecule has 0 atom stereocenters. The Morgan fingerprint density at radius 2 is 1.45 bits per heavy atom. The van der Waals surface area contributed by atoms with Crippen LogP contribution in [-0.4, -0.2) is 32.0 Å². The molecule has 3 rings (SSSR count). The normalized spacial score (nSPS) is 11.8. The van der Waals surface area contributed by atoms with Gasteiger partial charge >= 0.3 is 6.18 Å². The summed E-state index contributed by atoms with van der Waals surface area (Å²) in [5, 5.41) is 8.87. The van der Waals surface area contributed by atoms with Crippen molar-refractivity contribution in [1.29, 1.82) is 0 Å². The van der Waals surface area contributed by atoms with Gasteiger partial charge in [-0.05, 0) is 73.9 Å². The van der Waals surface area contributed by atoms with Crippen molar-refractivity contribution in [2.24, 2.45) is 0 Å². The van der Waals surface area contributed by atoms with E-state index in [1.165, 1.54) is 24.3 Å². The van der Waals surface area contributed by atoms with Gasteiger partial charge < -0.3 is 16.0 Å². The second-order valence-electron chi connectivity index (χ2n) is 9.57. The lowest BCUT2D eigenvalue weighted by atomic mass is 10.1. The van der Waals surface area contributed by atoms with Crippen molar-refractivity contribution in [3.63, 3.8) is 0 Å². The number of carbonyl (C=O) groups is 2. The van der Waals surface area contributed by atoms with Crippen molar-refractivity contribution in [2.75, 3.05) is 21.7 Å². The van der Waals surface area contributed by atoms with Crippen LogP contribution in [-0.2, 0) is 38.4 Å². The number of sulfone groups is 1. The molecule has 0 fully saturated rings. The van der Waals surface area contributed by atoms with E-state index in [-0.39, 0.29) is 47.8 Å². The van der Waals surface area contributed by atoms with Crippen molar-refractivity contribution in [3.05, 3.63) is 83.4 Å². The lowest BCUT2D eigenvalue weighted by Gasteiger charge is -2.17. The van der Waals surface area contributed by atoms with Crippen molar-refractivity contribution < 1.29 is 31.2 Å². The van der Waals surface area contributed by atoms with Gasteiger partial charge in [-0.2, -0.15) is 13.2 Å². The molecular weight excluding hydrogens is 543 g/mol. The first kappa shape index (κ1) is 30.7. The third-order valence-electron chi connectivity index (χ3n) is 5.97. The molecule has 214 valence electrons. The van der Waals surface area contributed by atoms with Crippen LogP contribution in [0.15, 0.2) is 71.6 Å². The monoisotopic (exact) mass is 575 g/mol. The van der Waals surface area contributed by atoms with Gasteiger partial charge in [-0.25, -0.2) is 8.42 Å². The van der Waals surface area contributed by atoms with E-state index in [1.807, 2.05) is 13.8 Å². The van der Waals surface area contributed by atoms with Crippen molar-refractivity contribution in [2.45, 2.75) is 57.1 Å². The Kier molecular flexibility index (Phi) is 9.97. The van der Waals surface area contributed by atoms with Crippen LogP contribution < -0.4 is 16.0 Å². The third-order valence-corrected chi connectivity index (χ3v) is 7.72. The van der Waals surface area contributed by atoms with Crippen LogP contribution in [0.25, 0.3) is 0 Å². The summed E-state index contributed by atoms with van der Waals surface area (Å²) in [7, 11) is -3.32. The van der Waals surface area contributed by atoms with Gasteiger partial charge in [0.05, 0.1) is 34.0 Å². The zero-order valence-electron chi connectivity index (χ0n) is 22.4. The lowest BCUT2D eigenvalue weighted by Crippen LogP contribution is -2.18. The van der Waals surface area contributed by atoms with Crippen molar-refractivity contribution in [3.8, 4) is 0 Å². The number of halogens is 3. The zero-order chi connectivity index (χ0) is 29.5. The standard InChI is InChI=1S/C29H32F3N3O4S/c1-4-40(38,39)24-13-7-21(8-14-24)17-28(37)34-23-12-15-25(26(18-23)33-19(2)3)35-27(36)16-9-20-5-10-22(11-6-20)29(30,31)32/h5-8,10-15,18-19,33H,4,9,16-17H2,1-3H3,(H,34,37)(H,35,36). The Hall–Kier alpha value is -3.86. The topological polar surface area (TPSA) is 104 Å². The van der Waals surface area contributed by atoms with Crippen LogP contribution in [0.3, 0.4) is 0 Å². The van der Waals surface area contributed by atoms with Crippen LogP contribution in [0.4, 0.5) is 30.2 Å². The molecule has 0 saturated carbocycles. The average Bonchev–Trinajstić information content (AvgIpc) is 2.88. The van der Waals surface area contributed by atoms with Gasteiger partial charge in [0.1, 0.15) is 0 Å². The van der Waals surface area contributed by atoms with E-state index in [0.717, 1.165) is 12.1 Å². The molecule has 3 aromatic carbocycles. The van der Waals surface area contributed by atoms with Crippen LogP contribution in [0.5, 0.6) is 0 Å². The average molecular weight is 576 g/mol. The molecule has 0 bridgehead atoms. The number of aryl methyl sites for hydroxylation is 1. The smallest absolute Gasteiger partial charge is 0.381 e. The Labute approximate surface area is 232 Å². The minimum atomic E-state index is -4.41. The second-order valence-corrected chi connectivity index (χ2v) is 11.9. The fourth-order valence-electron chi connectivity index (χ4n) is 3.86. The van der Waals surface area contributed by atoms with E-state index in [9.17, 15) is 31.2 Å². The van der Waals surface area contributed by atoms with E-state index in [4.69, 9.17) is 0 Å². The van der Waals surface area contributed by atoms with E-state index in [0.29, 0.717) is 28.2 Å². The highest BCUT2D eigenvalue weighted by atomic mass is 32.2. The molecule has 2 amide bonds. The summed E-state index contributed by atoms with van der Waals surface area (Å²) in [6, 6.07) is 15.9. The molecule has 0 spiro atoms. The quantitative estimate of drug-likeness (QED) is 0.257. The maximum Gasteiger partial charge on any atom is 0.416 e. The fourth-order valence-corrected chi connectivity index (χ4v) is 4.75. The first-order chi connectivity index (χ1) is 18.8. The molecule has 3 N–H and O–H groups in total. The number of alkyl halides is 3. The predicted molar refractivity (Wildman–Crippen MR) is 150 cm³/mol. The van der Waals surface area contributed by atoms with E-state index in [1.54, 1.807) is 37.3 Å². The van der Waals surface area contributed by atoms with Gasteiger partial charge in [-0.15, -0.1) is 0 Å². The Balaban J connectivity index is 1.62. The molecule has 0 heterocycles. The van der Waals surface area contributed by atoms with Crippen LogP contribution in [0.2, 0.25) is 0 Å². The fraction of sp³-hybridized carbons (Fsp3) is 0.310. The molecule has 0 aliphatic heterocycles. The first-order valence-electron chi connectivity index (χ1n) is 12.7. The highest BCUT2D eigenvalue weighted by molar-refractivity contribution is 7.91. The number of amides is 2. The van der Waals surface area contributed by atoms with Gasteiger partial charge in [0.25, 0.3) is 0 Å². The minimum absolute atomic E-state index is 0.00478. The highest BCUT2D eigenvalue weighted by Gasteiger charge is 2.29. The highest BCUT2D eigenvalue weighted by Crippen LogP contribution is 2.30. The SMILES string of the molecule is CCS(=O)(=O)c1ccc(CC(=O)Nc2ccc(NC(=O)CCc3ccc(C(F)(F)F)cc3)c(NC(C)C)c2)cc1. The second kappa shape index (κ2) is 13.0. The Morgan fingerprint density at radius 1 is 0.825 bits per heavy atom. The molecule has 40 heavy (non-hydrogen) atoms. The summed E-state index contributed by atoms with van der Waals surface area (Å²) in [6.07, 6.45) is -4.02. The van der Waals surface area contributed by atoms with Gasteiger partial charge in [0.2, 0.25) is 11.8 Å². The van der Waals surface area contributed by atoms with E-state index < -0.39 is 21.6 Å². The zero-order valence-corrected chi connectivity index (χ0v) is 23.2. The first-order valence-corrected chi connectivity index (χ1v) is 14.4. The molecule has 0 saturated heterocycles. The lowest BCUT2D eigenvalue weighted by molar-refractivity contribution is -0.137. The number of benzene rings is 3. The van der Waals surface area contributed by atoms with E-state index in [2.05, 4.69) is 16.0 Å². The number of hydrogen-bond acceptors (Lipinski definition) is 5. The summed E-state index contributed by atoms with van der Waals surface area (Å²) in [5.74, 6) is -0.609. The number of nitrogens with one attached hydrogen (secondary N) is 3. The number of carbonyl (C=O) groups excluding carboxylic acids is 2. The molecular formula is C29H32F3N3O4S. The van der Waals surface area contributed by atoms with Gasteiger partial charge in [0.15, 0.2) is 9.84 Å².